The van der Waals surface area contributed by atoms with Gasteiger partial charge < -0.3 is 19.2 Å². The maximum atomic E-state index is 12.1. The third-order valence-corrected chi connectivity index (χ3v) is 5.87. The van der Waals surface area contributed by atoms with Gasteiger partial charge in [-0.15, -0.1) is 0 Å². The Balaban J connectivity index is 1.08. The number of rotatable bonds is 7. The fraction of sp³-hybridized carbons (Fsp3) is 0.545. The number of aromatic nitrogens is 1. The highest BCUT2D eigenvalue weighted by atomic mass is 16.6. The van der Waals surface area contributed by atoms with Crippen LogP contribution in [-0.2, 0) is 13.1 Å². The van der Waals surface area contributed by atoms with Gasteiger partial charge in [0.2, 0.25) is 5.89 Å². The fourth-order valence-electron chi connectivity index (χ4n) is 3.88. The van der Waals surface area contributed by atoms with Crippen LogP contribution in [0.1, 0.15) is 34.8 Å². The van der Waals surface area contributed by atoms with E-state index in [1.807, 2.05) is 6.07 Å². The van der Waals surface area contributed by atoms with Crippen LogP contribution in [0.3, 0.4) is 0 Å². The van der Waals surface area contributed by atoms with E-state index in [9.17, 15) is 4.79 Å². The highest BCUT2D eigenvalue weighted by molar-refractivity contribution is 5.91. The summed E-state index contributed by atoms with van der Waals surface area (Å²) in [6.45, 7) is 7.33. The van der Waals surface area contributed by atoms with Gasteiger partial charge in [-0.1, -0.05) is 6.07 Å². The van der Waals surface area contributed by atoms with Gasteiger partial charge in [0.1, 0.15) is 19.5 Å². The molecule has 3 aliphatic rings. The minimum atomic E-state index is -0.138. The summed E-state index contributed by atoms with van der Waals surface area (Å²) in [4.78, 5) is 21.2. The average Bonchev–Trinajstić information content (AvgIpc) is 3.49. The number of ether oxygens (including phenoxy) is 2. The van der Waals surface area contributed by atoms with Gasteiger partial charge in [-0.3, -0.25) is 14.6 Å². The molecule has 1 aromatic carbocycles. The lowest BCUT2D eigenvalue weighted by atomic mass is 10.1. The quantitative estimate of drug-likeness (QED) is 0.744. The van der Waals surface area contributed by atoms with E-state index in [1.165, 1.54) is 24.7 Å². The molecule has 160 valence electrons. The molecular weight excluding hydrogens is 384 g/mol. The highest BCUT2D eigenvalue weighted by Gasteiger charge is 2.24. The second-order valence-electron chi connectivity index (χ2n) is 8.31. The summed E-state index contributed by atoms with van der Waals surface area (Å²) >= 11 is 0. The highest BCUT2D eigenvalue weighted by Crippen LogP contribution is 2.31. The SMILES string of the molecule is O=C(NCC1CC1)c1coc(CN2CCN(Cc3ccc4c(c3)OCCO4)CC2)n1. The van der Waals surface area contributed by atoms with E-state index < -0.39 is 0 Å². The van der Waals surface area contributed by atoms with Crippen LogP contribution >= 0.6 is 0 Å². The number of hydrogen-bond donors (Lipinski definition) is 1. The molecule has 2 aromatic rings. The summed E-state index contributed by atoms with van der Waals surface area (Å²) in [5.41, 5.74) is 1.62. The summed E-state index contributed by atoms with van der Waals surface area (Å²) in [5.74, 6) is 2.80. The van der Waals surface area contributed by atoms with Crippen molar-refractivity contribution in [2.75, 3.05) is 45.9 Å². The van der Waals surface area contributed by atoms with E-state index >= 15 is 0 Å². The molecule has 3 heterocycles. The second-order valence-corrected chi connectivity index (χ2v) is 8.31. The van der Waals surface area contributed by atoms with Crippen molar-refractivity contribution in [2.45, 2.75) is 25.9 Å². The van der Waals surface area contributed by atoms with E-state index in [0.29, 0.717) is 37.3 Å². The van der Waals surface area contributed by atoms with Crippen molar-refractivity contribution in [3.05, 3.63) is 41.6 Å². The molecule has 0 spiro atoms. The predicted molar refractivity (Wildman–Crippen MR) is 110 cm³/mol. The minimum Gasteiger partial charge on any atom is -0.486 e. The van der Waals surface area contributed by atoms with E-state index in [2.05, 4.69) is 32.2 Å². The van der Waals surface area contributed by atoms with Crippen molar-refractivity contribution in [3.63, 3.8) is 0 Å². The minimum absolute atomic E-state index is 0.138. The number of nitrogens with zero attached hydrogens (tertiary/aromatic N) is 3. The maximum absolute atomic E-state index is 12.1. The van der Waals surface area contributed by atoms with E-state index in [-0.39, 0.29) is 5.91 Å². The number of benzene rings is 1. The molecule has 2 fully saturated rings. The van der Waals surface area contributed by atoms with Gasteiger partial charge in [0.15, 0.2) is 17.2 Å². The first-order valence-electron chi connectivity index (χ1n) is 10.8. The zero-order valence-corrected chi connectivity index (χ0v) is 17.1. The van der Waals surface area contributed by atoms with Gasteiger partial charge in [0, 0.05) is 39.3 Å². The van der Waals surface area contributed by atoms with Crippen molar-refractivity contribution in [1.29, 1.82) is 0 Å². The predicted octanol–water partition coefficient (Wildman–Crippen LogP) is 1.90. The van der Waals surface area contributed by atoms with Crippen LogP contribution in [0.5, 0.6) is 11.5 Å². The Labute approximate surface area is 176 Å². The molecule has 8 heteroatoms. The van der Waals surface area contributed by atoms with Crippen LogP contribution in [0.25, 0.3) is 0 Å². The van der Waals surface area contributed by atoms with E-state index in [0.717, 1.165) is 50.8 Å². The Morgan fingerprint density at radius 1 is 1.03 bits per heavy atom. The number of piperazine rings is 1. The summed E-state index contributed by atoms with van der Waals surface area (Å²) in [5, 5.41) is 2.93. The third kappa shape index (κ3) is 4.76. The van der Waals surface area contributed by atoms with Crippen LogP contribution in [0.4, 0.5) is 0 Å². The molecule has 1 aromatic heterocycles. The Bertz CT molecular complexity index is 887. The number of carbonyl (C=O) groups is 1. The summed E-state index contributed by atoms with van der Waals surface area (Å²) in [6.07, 6.45) is 3.89. The normalized spacial score (nSPS) is 19.6. The van der Waals surface area contributed by atoms with E-state index in [1.54, 1.807) is 0 Å². The number of hydrogen-bond acceptors (Lipinski definition) is 7. The first kappa shape index (κ1) is 19.4. The average molecular weight is 412 g/mol. The molecule has 1 N–H and O–H groups in total. The van der Waals surface area contributed by atoms with Crippen LogP contribution in [0.15, 0.2) is 28.9 Å². The molecule has 1 aliphatic carbocycles. The monoisotopic (exact) mass is 412 g/mol. The Morgan fingerprint density at radius 2 is 1.77 bits per heavy atom. The molecule has 5 rings (SSSR count). The van der Waals surface area contributed by atoms with E-state index in [4.69, 9.17) is 13.9 Å². The molecule has 1 amide bonds. The molecule has 1 saturated heterocycles. The van der Waals surface area contributed by atoms with Crippen molar-refractivity contribution in [3.8, 4) is 11.5 Å². The lowest BCUT2D eigenvalue weighted by Crippen LogP contribution is -2.45. The fourth-order valence-corrected chi connectivity index (χ4v) is 3.88. The smallest absolute Gasteiger partial charge is 0.273 e. The number of nitrogens with one attached hydrogen (secondary N) is 1. The van der Waals surface area contributed by atoms with Crippen molar-refractivity contribution in [1.82, 2.24) is 20.1 Å². The van der Waals surface area contributed by atoms with Crippen molar-refractivity contribution >= 4 is 5.91 Å². The second kappa shape index (κ2) is 8.65. The standard InChI is InChI=1S/C22H28N4O4/c27-22(23-12-16-1-2-16)18-15-30-21(24-18)14-26-7-5-25(6-8-26)13-17-3-4-19-20(11-17)29-10-9-28-19/h3-4,11,15-16H,1-2,5-10,12-14H2,(H,23,27). The molecule has 0 atom stereocenters. The first-order chi connectivity index (χ1) is 14.7. The number of oxazole rings is 1. The molecule has 0 radical (unpaired) electrons. The molecular formula is C22H28N4O4. The Hall–Kier alpha value is -2.58. The van der Waals surface area contributed by atoms with Crippen LogP contribution in [0, 0.1) is 5.92 Å². The van der Waals surface area contributed by atoms with Crippen LogP contribution in [-0.4, -0.2) is 66.6 Å². The number of carbonyl (C=O) groups excluding carboxylic acids is 1. The zero-order chi connectivity index (χ0) is 20.3. The van der Waals surface area contributed by atoms with Gasteiger partial charge in [0.25, 0.3) is 5.91 Å². The van der Waals surface area contributed by atoms with Gasteiger partial charge in [-0.2, -0.15) is 0 Å². The van der Waals surface area contributed by atoms with Crippen molar-refractivity contribution < 1.29 is 18.7 Å². The summed E-state index contributed by atoms with van der Waals surface area (Å²) < 4.78 is 16.8. The number of fused-ring (bicyclic) bond motifs is 1. The summed E-state index contributed by atoms with van der Waals surface area (Å²) in [7, 11) is 0. The van der Waals surface area contributed by atoms with Gasteiger partial charge >= 0.3 is 0 Å². The molecule has 0 bridgehead atoms. The molecule has 2 aliphatic heterocycles. The van der Waals surface area contributed by atoms with Crippen molar-refractivity contribution in [2.24, 2.45) is 5.92 Å². The Kier molecular flexibility index (Phi) is 5.59. The lowest BCUT2D eigenvalue weighted by molar-refractivity contribution is 0.0946. The molecule has 0 unspecified atom stereocenters. The molecule has 8 nitrogen and oxygen atoms in total. The maximum Gasteiger partial charge on any atom is 0.273 e. The molecule has 30 heavy (non-hydrogen) atoms. The third-order valence-electron chi connectivity index (χ3n) is 5.87. The van der Waals surface area contributed by atoms with Gasteiger partial charge in [0.05, 0.1) is 6.54 Å². The Morgan fingerprint density at radius 3 is 2.53 bits per heavy atom. The van der Waals surface area contributed by atoms with Gasteiger partial charge in [-0.05, 0) is 36.5 Å². The topological polar surface area (TPSA) is 80.1 Å². The van der Waals surface area contributed by atoms with Crippen LogP contribution < -0.4 is 14.8 Å². The molecule has 1 saturated carbocycles. The first-order valence-corrected chi connectivity index (χ1v) is 10.8. The lowest BCUT2D eigenvalue weighted by Gasteiger charge is -2.34. The summed E-state index contributed by atoms with van der Waals surface area (Å²) in [6, 6.07) is 6.20. The van der Waals surface area contributed by atoms with Crippen LogP contribution in [0.2, 0.25) is 0 Å². The zero-order valence-electron chi connectivity index (χ0n) is 17.1. The van der Waals surface area contributed by atoms with Gasteiger partial charge in [-0.25, -0.2) is 4.98 Å². The largest absolute Gasteiger partial charge is 0.486 e. The number of amides is 1.